The summed E-state index contributed by atoms with van der Waals surface area (Å²) in [7, 11) is 0. The number of fused-ring (bicyclic) bond motifs is 1. The summed E-state index contributed by atoms with van der Waals surface area (Å²) in [5, 5.41) is 8.42. The largest absolute Gasteiger partial charge is 0.368 e. The summed E-state index contributed by atoms with van der Waals surface area (Å²) < 4.78 is -0.621. The van der Waals surface area contributed by atoms with E-state index in [1.54, 1.807) is 4.90 Å². The highest BCUT2D eigenvalue weighted by Gasteiger charge is 2.70. The molecule has 0 aromatic rings. The number of nitrogens with one attached hydrogen (secondary N) is 3. The maximum atomic E-state index is 13.9. The molecule has 5 N–H and O–H groups in total. The van der Waals surface area contributed by atoms with Gasteiger partial charge in [0.25, 0.3) is 0 Å². The first kappa shape index (κ1) is 26.9. The average molecular weight is 569 g/mol. The maximum Gasteiger partial charge on any atom is 0.246 e. The number of rotatable bonds is 8. The number of hydrogen-bond donors (Lipinski definition) is 4. The molecule has 0 unspecified atom stereocenters. The van der Waals surface area contributed by atoms with Gasteiger partial charge in [-0.1, -0.05) is 50.5 Å². The molecule has 4 fully saturated rings. The lowest BCUT2D eigenvalue weighted by atomic mass is 9.85. The van der Waals surface area contributed by atoms with E-state index < -0.39 is 45.6 Å². The normalized spacial score (nSPS) is 31.1. The van der Waals surface area contributed by atoms with Gasteiger partial charge in [0, 0.05) is 19.0 Å². The summed E-state index contributed by atoms with van der Waals surface area (Å²) in [6, 6.07) is -2.60. The zero-order chi connectivity index (χ0) is 26.8. The second kappa shape index (κ2) is 8.99. The molecule has 2 aliphatic heterocycles. The second-order valence-electron chi connectivity index (χ2n) is 12.6. The third kappa shape index (κ3) is 4.87. The van der Waals surface area contributed by atoms with Crippen LogP contribution in [0.3, 0.4) is 0 Å². The predicted molar refractivity (Wildman–Crippen MR) is 135 cm³/mol. The zero-order valence-corrected chi connectivity index (χ0v) is 23.2. The van der Waals surface area contributed by atoms with Crippen LogP contribution in [-0.4, -0.2) is 70.0 Å². The lowest BCUT2D eigenvalue weighted by Crippen LogP contribution is -2.61. The smallest absolute Gasteiger partial charge is 0.246 e. The van der Waals surface area contributed by atoms with Gasteiger partial charge in [-0.3, -0.25) is 24.0 Å². The molecular formula is C25H38BrN5O5. The van der Waals surface area contributed by atoms with Gasteiger partial charge in [0.05, 0.1) is 0 Å². The number of likely N-dealkylation sites (tertiary alicyclic amines) is 1. The third-order valence-corrected chi connectivity index (χ3v) is 9.74. The van der Waals surface area contributed by atoms with Crippen molar-refractivity contribution in [3.8, 4) is 0 Å². The molecule has 0 bridgehead atoms. The highest BCUT2D eigenvalue weighted by molar-refractivity contribution is 9.10. The van der Waals surface area contributed by atoms with Gasteiger partial charge in [0.1, 0.15) is 22.4 Å². The minimum atomic E-state index is -1.01. The summed E-state index contributed by atoms with van der Waals surface area (Å²) in [5.41, 5.74) is 4.88. The van der Waals surface area contributed by atoms with Crippen LogP contribution < -0.4 is 21.7 Å². The number of hydrogen-bond acceptors (Lipinski definition) is 5. The Labute approximate surface area is 220 Å². The van der Waals surface area contributed by atoms with E-state index in [2.05, 4.69) is 45.7 Å². The molecule has 36 heavy (non-hydrogen) atoms. The Hall–Kier alpha value is -2.17. The van der Waals surface area contributed by atoms with E-state index in [4.69, 9.17) is 5.73 Å². The van der Waals surface area contributed by atoms with Gasteiger partial charge in [-0.05, 0) is 48.3 Å². The fraction of sp³-hybridized carbons (Fsp3) is 0.800. The monoisotopic (exact) mass is 567 g/mol. The van der Waals surface area contributed by atoms with Crippen LogP contribution in [0.25, 0.3) is 0 Å². The first-order chi connectivity index (χ1) is 16.6. The molecule has 2 saturated heterocycles. The summed E-state index contributed by atoms with van der Waals surface area (Å²) in [4.78, 5) is 66.1. The number of nitrogens with two attached hydrogens (primary N) is 1. The summed E-state index contributed by atoms with van der Waals surface area (Å²) in [6.07, 6.45) is 2.13. The Balaban J connectivity index is 1.53. The number of primary amides is 1. The van der Waals surface area contributed by atoms with Crippen LogP contribution in [0.2, 0.25) is 0 Å². The molecule has 0 radical (unpaired) electrons. The maximum absolute atomic E-state index is 13.9. The topological polar surface area (TPSA) is 151 Å². The molecular weight excluding hydrogens is 530 g/mol. The van der Waals surface area contributed by atoms with Crippen molar-refractivity contribution >= 4 is 45.5 Å². The van der Waals surface area contributed by atoms with Gasteiger partial charge < -0.3 is 26.6 Å². The third-order valence-electron chi connectivity index (χ3n) is 8.59. The Bertz CT molecular complexity index is 988. The van der Waals surface area contributed by atoms with Gasteiger partial charge in [0.2, 0.25) is 29.5 Å². The van der Waals surface area contributed by atoms with Crippen LogP contribution in [0.5, 0.6) is 0 Å². The van der Waals surface area contributed by atoms with Crippen LogP contribution in [0.1, 0.15) is 60.3 Å². The molecule has 10 nitrogen and oxygen atoms in total. The van der Waals surface area contributed by atoms with Gasteiger partial charge in [-0.15, -0.1) is 0 Å². The highest BCUT2D eigenvalue weighted by Crippen LogP contribution is 2.65. The minimum absolute atomic E-state index is 0.0629. The zero-order valence-electron chi connectivity index (χ0n) is 21.7. The Kier molecular flexibility index (Phi) is 6.71. The molecule has 0 aromatic carbocycles. The lowest BCUT2D eigenvalue weighted by Gasteiger charge is -2.38. The first-order valence-electron chi connectivity index (χ1n) is 12.8. The molecule has 2 saturated carbocycles. The lowest BCUT2D eigenvalue weighted by molar-refractivity contribution is -0.146. The number of halogens is 1. The number of piperidine rings is 1. The molecule has 200 valence electrons. The summed E-state index contributed by atoms with van der Waals surface area (Å²) in [6.45, 7) is 10.7. The highest BCUT2D eigenvalue weighted by atomic mass is 79.9. The van der Waals surface area contributed by atoms with Crippen molar-refractivity contribution in [2.75, 3.05) is 13.1 Å². The van der Waals surface area contributed by atoms with Crippen molar-refractivity contribution < 1.29 is 24.0 Å². The van der Waals surface area contributed by atoms with Crippen molar-refractivity contribution in [2.45, 2.75) is 82.8 Å². The molecule has 2 aliphatic carbocycles. The van der Waals surface area contributed by atoms with Crippen LogP contribution in [0.15, 0.2) is 0 Å². The van der Waals surface area contributed by atoms with Crippen molar-refractivity contribution in [2.24, 2.45) is 34.3 Å². The van der Waals surface area contributed by atoms with E-state index in [1.165, 1.54) is 0 Å². The van der Waals surface area contributed by atoms with Crippen molar-refractivity contribution in [3.05, 3.63) is 0 Å². The SMILES string of the molecule is CC(C)(C)[C@H](NC(=O)C1(Br)CC1)C(=O)N1C[C@H]2[C@@H]([C@H]1C(=O)N[C@@H](C[C@@H]1CCNC1=O)C(N)=O)C2(C)C. The quantitative estimate of drug-likeness (QED) is 0.313. The van der Waals surface area contributed by atoms with Crippen LogP contribution in [0, 0.1) is 28.6 Å². The average Bonchev–Trinajstić information content (AvgIpc) is 3.45. The van der Waals surface area contributed by atoms with E-state index >= 15 is 0 Å². The molecule has 5 amide bonds. The number of carbonyl (C=O) groups is 5. The Morgan fingerprint density at radius 1 is 1.19 bits per heavy atom. The van der Waals surface area contributed by atoms with Crippen LogP contribution in [-0.2, 0) is 24.0 Å². The minimum Gasteiger partial charge on any atom is -0.368 e. The standard InChI is InChI=1S/C25H38BrN5O5/c1-23(2,3)17(30-22(36)25(26)7-8-25)21(35)31-11-13-15(24(13,4)5)16(31)20(34)29-14(18(27)32)10-12-6-9-28-19(12)33/h12-17H,6-11H2,1-5H3,(H2,27,32)(H,28,33)(H,29,34)(H,30,36)/t12-,13-,14-,15-,16-,17+/m0/s1. The van der Waals surface area contributed by atoms with Crippen molar-refractivity contribution in [3.63, 3.8) is 0 Å². The predicted octanol–water partition coefficient (Wildman–Crippen LogP) is 0.424. The van der Waals surface area contributed by atoms with Gasteiger partial charge >= 0.3 is 0 Å². The van der Waals surface area contributed by atoms with Gasteiger partial charge in [0.15, 0.2) is 0 Å². The van der Waals surface area contributed by atoms with E-state index in [-0.39, 0.29) is 41.4 Å². The Morgan fingerprint density at radius 3 is 2.33 bits per heavy atom. The van der Waals surface area contributed by atoms with E-state index in [0.29, 0.717) is 32.4 Å². The van der Waals surface area contributed by atoms with E-state index in [9.17, 15) is 24.0 Å². The second-order valence-corrected chi connectivity index (χ2v) is 14.1. The molecule has 2 heterocycles. The van der Waals surface area contributed by atoms with Gasteiger partial charge in [-0.2, -0.15) is 0 Å². The van der Waals surface area contributed by atoms with Crippen molar-refractivity contribution in [1.82, 2.24) is 20.9 Å². The van der Waals surface area contributed by atoms with Crippen LogP contribution >= 0.6 is 15.9 Å². The molecule has 4 rings (SSSR count). The fourth-order valence-corrected chi connectivity index (χ4v) is 6.20. The van der Waals surface area contributed by atoms with E-state index in [1.807, 2.05) is 20.8 Å². The number of nitrogens with zero attached hydrogens (tertiary/aromatic N) is 1. The molecule has 6 atom stereocenters. The number of amides is 5. The van der Waals surface area contributed by atoms with Crippen LogP contribution in [0.4, 0.5) is 0 Å². The molecule has 4 aliphatic rings. The fourth-order valence-electron chi connectivity index (χ4n) is 5.88. The molecule has 11 heteroatoms. The first-order valence-corrected chi connectivity index (χ1v) is 13.5. The van der Waals surface area contributed by atoms with E-state index in [0.717, 1.165) is 0 Å². The van der Waals surface area contributed by atoms with Gasteiger partial charge in [-0.25, -0.2) is 0 Å². The molecule has 0 spiro atoms. The number of alkyl halides is 1. The van der Waals surface area contributed by atoms with Crippen molar-refractivity contribution in [1.29, 1.82) is 0 Å². The summed E-state index contributed by atoms with van der Waals surface area (Å²) >= 11 is 3.46. The summed E-state index contributed by atoms with van der Waals surface area (Å²) in [5.74, 6) is -2.14. The molecule has 0 aromatic heterocycles. The number of carbonyl (C=O) groups excluding carboxylic acids is 5. The Morgan fingerprint density at radius 2 is 1.83 bits per heavy atom.